The van der Waals surface area contributed by atoms with Crippen LogP contribution in [-0.2, 0) is 9.59 Å². The number of carbonyl (C=O) groups excluding carboxylic acids is 3. The van der Waals surface area contributed by atoms with Gasteiger partial charge >= 0.3 is 6.03 Å². The minimum Gasteiger partial charge on any atom is -0.441 e. The number of rotatable bonds is 3. The van der Waals surface area contributed by atoms with Crippen LogP contribution in [0.2, 0.25) is 0 Å². The molecule has 7 nitrogen and oxygen atoms in total. The number of hydrogen-bond acceptors (Lipinski definition) is 5. The molecule has 0 atom stereocenters. The molecule has 2 saturated heterocycles. The molecule has 0 bridgehead atoms. The van der Waals surface area contributed by atoms with Crippen LogP contribution in [0.5, 0.6) is 0 Å². The Kier molecular flexibility index (Phi) is 4.27. The van der Waals surface area contributed by atoms with E-state index < -0.39 is 17.8 Å². The fourth-order valence-electron chi connectivity index (χ4n) is 3.36. The molecule has 27 heavy (non-hydrogen) atoms. The number of para-hydroxylation sites is 1. The molecular weight excluding hydrogens is 346 g/mol. The zero-order chi connectivity index (χ0) is 19.0. The predicted octanol–water partition coefficient (Wildman–Crippen LogP) is 2.85. The second-order valence-corrected chi connectivity index (χ2v) is 6.61. The van der Waals surface area contributed by atoms with Gasteiger partial charge in [-0.15, -0.1) is 0 Å². The third kappa shape index (κ3) is 3.12. The van der Waals surface area contributed by atoms with Gasteiger partial charge in [-0.05, 0) is 43.5 Å². The summed E-state index contributed by atoms with van der Waals surface area (Å²) in [4.78, 5) is 40.5. The van der Waals surface area contributed by atoms with Crippen molar-refractivity contribution in [3.8, 4) is 0 Å². The first kappa shape index (κ1) is 17.1. The lowest BCUT2D eigenvalue weighted by Crippen LogP contribution is -2.54. The standard InChI is InChI=1S/C20H19N3O4/c1-13-6-2-3-7-16(13)23-19(25)15(18(24)21-20(23)26)12-14-8-9-17(27-14)22-10-4-5-11-22/h2-3,6-9,12H,4-5,10-11H2,1H3,(H,21,24,26). The first-order valence-corrected chi connectivity index (χ1v) is 8.86. The summed E-state index contributed by atoms with van der Waals surface area (Å²) in [5.74, 6) is -0.282. The maximum absolute atomic E-state index is 12.9. The second kappa shape index (κ2) is 6.75. The minimum absolute atomic E-state index is 0.139. The first-order chi connectivity index (χ1) is 13.0. The van der Waals surface area contributed by atoms with E-state index in [-0.39, 0.29) is 5.57 Å². The predicted molar refractivity (Wildman–Crippen MR) is 100 cm³/mol. The largest absolute Gasteiger partial charge is 0.441 e. The lowest BCUT2D eigenvalue weighted by molar-refractivity contribution is -0.122. The number of urea groups is 1. The van der Waals surface area contributed by atoms with E-state index in [2.05, 4.69) is 10.2 Å². The number of carbonyl (C=O) groups is 3. The van der Waals surface area contributed by atoms with Gasteiger partial charge in [0, 0.05) is 19.2 Å². The molecule has 4 amide bonds. The average Bonchev–Trinajstić information content (AvgIpc) is 3.31. The summed E-state index contributed by atoms with van der Waals surface area (Å²) in [6, 6.07) is 9.80. The SMILES string of the molecule is Cc1ccccc1N1C(=O)NC(=O)C(=Cc2ccc(N3CCCC3)o2)C1=O. The summed E-state index contributed by atoms with van der Waals surface area (Å²) < 4.78 is 5.77. The summed E-state index contributed by atoms with van der Waals surface area (Å²) in [6.45, 7) is 3.65. The minimum atomic E-state index is -0.756. The molecule has 7 heteroatoms. The molecule has 0 aliphatic carbocycles. The third-order valence-electron chi connectivity index (χ3n) is 4.77. The highest BCUT2D eigenvalue weighted by Crippen LogP contribution is 2.27. The van der Waals surface area contributed by atoms with Crippen LogP contribution in [0.3, 0.4) is 0 Å². The van der Waals surface area contributed by atoms with Crippen LogP contribution in [0.25, 0.3) is 6.08 Å². The van der Waals surface area contributed by atoms with Crippen molar-refractivity contribution in [2.75, 3.05) is 22.9 Å². The molecule has 2 fully saturated rings. The molecule has 0 spiro atoms. The lowest BCUT2D eigenvalue weighted by Gasteiger charge is -2.27. The van der Waals surface area contributed by atoms with Crippen molar-refractivity contribution in [3.63, 3.8) is 0 Å². The Balaban J connectivity index is 1.66. The Morgan fingerprint density at radius 1 is 1.04 bits per heavy atom. The molecule has 2 aliphatic rings. The number of anilines is 2. The maximum atomic E-state index is 12.9. The number of aryl methyl sites for hydroxylation is 1. The summed E-state index contributed by atoms with van der Waals surface area (Å²) in [5.41, 5.74) is 1.06. The molecule has 138 valence electrons. The van der Waals surface area contributed by atoms with Crippen molar-refractivity contribution < 1.29 is 18.8 Å². The summed E-state index contributed by atoms with van der Waals surface area (Å²) in [5, 5.41) is 2.22. The molecule has 1 N–H and O–H groups in total. The van der Waals surface area contributed by atoms with Crippen LogP contribution in [0, 0.1) is 6.92 Å². The highest BCUT2D eigenvalue weighted by molar-refractivity contribution is 6.39. The van der Waals surface area contributed by atoms with Gasteiger partial charge in [-0.2, -0.15) is 0 Å². The van der Waals surface area contributed by atoms with Gasteiger partial charge < -0.3 is 9.32 Å². The van der Waals surface area contributed by atoms with E-state index >= 15 is 0 Å². The van der Waals surface area contributed by atoms with Crippen molar-refractivity contribution in [2.24, 2.45) is 0 Å². The van der Waals surface area contributed by atoms with Crippen LogP contribution in [-0.4, -0.2) is 30.9 Å². The van der Waals surface area contributed by atoms with Gasteiger partial charge in [0.15, 0.2) is 5.88 Å². The zero-order valence-electron chi connectivity index (χ0n) is 14.9. The van der Waals surface area contributed by atoms with Crippen LogP contribution < -0.4 is 15.1 Å². The third-order valence-corrected chi connectivity index (χ3v) is 4.77. The second-order valence-electron chi connectivity index (χ2n) is 6.61. The Hall–Kier alpha value is -3.35. The number of benzene rings is 1. The zero-order valence-corrected chi connectivity index (χ0v) is 14.9. The molecule has 0 radical (unpaired) electrons. The number of furan rings is 1. The lowest BCUT2D eigenvalue weighted by atomic mass is 10.1. The van der Waals surface area contributed by atoms with E-state index in [1.165, 1.54) is 6.08 Å². The smallest absolute Gasteiger partial charge is 0.335 e. The van der Waals surface area contributed by atoms with Gasteiger partial charge in [-0.1, -0.05) is 18.2 Å². The van der Waals surface area contributed by atoms with Crippen molar-refractivity contribution in [2.45, 2.75) is 19.8 Å². The van der Waals surface area contributed by atoms with E-state index in [1.807, 2.05) is 12.1 Å². The maximum Gasteiger partial charge on any atom is 0.335 e. The van der Waals surface area contributed by atoms with Crippen molar-refractivity contribution in [1.82, 2.24) is 5.32 Å². The topological polar surface area (TPSA) is 82.9 Å². The van der Waals surface area contributed by atoms with Crippen molar-refractivity contribution in [1.29, 1.82) is 0 Å². The number of nitrogens with one attached hydrogen (secondary N) is 1. The quantitative estimate of drug-likeness (QED) is 0.668. The first-order valence-electron chi connectivity index (χ1n) is 8.86. The van der Waals surface area contributed by atoms with E-state index in [9.17, 15) is 14.4 Å². The Morgan fingerprint density at radius 3 is 2.52 bits per heavy atom. The highest BCUT2D eigenvalue weighted by Gasteiger charge is 2.37. The Labute approximate surface area is 156 Å². The van der Waals surface area contributed by atoms with Crippen LogP contribution >= 0.6 is 0 Å². The van der Waals surface area contributed by atoms with Gasteiger partial charge in [0.2, 0.25) is 0 Å². The summed E-state index contributed by atoms with van der Waals surface area (Å²) >= 11 is 0. The fourth-order valence-corrected chi connectivity index (χ4v) is 3.36. The molecule has 1 aromatic carbocycles. The van der Waals surface area contributed by atoms with Crippen LogP contribution in [0.1, 0.15) is 24.2 Å². The van der Waals surface area contributed by atoms with Gasteiger partial charge in [-0.25, -0.2) is 9.69 Å². The number of nitrogens with zero attached hydrogens (tertiary/aromatic N) is 2. The summed E-state index contributed by atoms with van der Waals surface area (Å²) in [6.07, 6.45) is 3.62. The highest BCUT2D eigenvalue weighted by atomic mass is 16.4. The normalized spacial score (nSPS) is 19.1. The van der Waals surface area contributed by atoms with E-state index in [0.717, 1.165) is 42.3 Å². The molecule has 4 rings (SSSR count). The number of amides is 4. The molecule has 1 aromatic heterocycles. The molecule has 2 aromatic rings. The number of imide groups is 2. The van der Waals surface area contributed by atoms with Gasteiger partial charge in [0.05, 0.1) is 5.69 Å². The number of hydrogen-bond donors (Lipinski definition) is 1. The summed E-state index contributed by atoms with van der Waals surface area (Å²) in [7, 11) is 0. The van der Waals surface area contributed by atoms with E-state index in [0.29, 0.717) is 11.4 Å². The van der Waals surface area contributed by atoms with Crippen molar-refractivity contribution in [3.05, 3.63) is 53.3 Å². The molecule has 3 heterocycles. The molecule has 0 unspecified atom stereocenters. The Bertz CT molecular complexity index is 954. The van der Waals surface area contributed by atoms with Crippen LogP contribution in [0.15, 0.2) is 46.4 Å². The number of barbiturate groups is 1. The average molecular weight is 365 g/mol. The molecular formula is C20H19N3O4. The molecule has 2 aliphatic heterocycles. The van der Waals surface area contributed by atoms with Gasteiger partial charge in [0.25, 0.3) is 11.8 Å². The van der Waals surface area contributed by atoms with Crippen LogP contribution in [0.4, 0.5) is 16.4 Å². The monoisotopic (exact) mass is 365 g/mol. The molecule has 0 saturated carbocycles. The van der Waals surface area contributed by atoms with E-state index in [4.69, 9.17) is 4.42 Å². The Morgan fingerprint density at radius 2 is 1.78 bits per heavy atom. The fraction of sp³-hybridized carbons (Fsp3) is 0.250. The van der Waals surface area contributed by atoms with Crippen molar-refractivity contribution >= 4 is 35.5 Å². The van der Waals surface area contributed by atoms with Gasteiger partial charge in [0.1, 0.15) is 11.3 Å². The van der Waals surface area contributed by atoms with Gasteiger partial charge in [-0.3, -0.25) is 14.9 Å². The van der Waals surface area contributed by atoms with E-state index in [1.54, 1.807) is 31.2 Å².